The van der Waals surface area contributed by atoms with Crippen molar-refractivity contribution in [3.8, 4) is 11.5 Å². The Bertz CT molecular complexity index is 2080. The summed E-state index contributed by atoms with van der Waals surface area (Å²) in [7, 11) is 0. The van der Waals surface area contributed by atoms with E-state index >= 15 is 4.79 Å². The van der Waals surface area contributed by atoms with E-state index in [1.54, 1.807) is 48.7 Å². The lowest BCUT2D eigenvalue weighted by atomic mass is 9.48. The maximum absolute atomic E-state index is 15.3. The number of nitrogens with zero attached hydrogens (tertiary/aromatic N) is 2. The third-order valence-electron chi connectivity index (χ3n) is 12.4. The molecule has 52 heavy (non-hydrogen) atoms. The van der Waals surface area contributed by atoms with Gasteiger partial charge in [-0.05, 0) is 97.3 Å². The molecule has 0 spiro atoms. The number of imide groups is 2. The van der Waals surface area contributed by atoms with Gasteiger partial charge in [0.2, 0.25) is 11.8 Å². The molecule has 4 amide bonds. The fourth-order valence-corrected chi connectivity index (χ4v) is 10.3. The molecule has 11 heteroatoms. The number of fused-ring (bicyclic) bond motifs is 5. The van der Waals surface area contributed by atoms with E-state index in [-0.39, 0.29) is 30.0 Å². The van der Waals surface area contributed by atoms with Gasteiger partial charge in [-0.3, -0.25) is 29.5 Å². The van der Waals surface area contributed by atoms with Crippen molar-refractivity contribution in [2.24, 2.45) is 29.6 Å². The van der Waals surface area contributed by atoms with Gasteiger partial charge in [-0.25, -0.2) is 4.39 Å². The minimum Gasteiger partial charge on any atom is -0.508 e. The van der Waals surface area contributed by atoms with E-state index in [4.69, 9.17) is 16.3 Å². The summed E-state index contributed by atoms with van der Waals surface area (Å²) in [6.45, 7) is 0. The van der Waals surface area contributed by atoms with Crippen LogP contribution in [-0.4, -0.2) is 44.7 Å². The zero-order valence-corrected chi connectivity index (χ0v) is 29.0. The van der Waals surface area contributed by atoms with Crippen molar-refractivity contribution in [1.29, 1.82) is 0 Å². The van der Waals surface area contributed by atoms with E-state index in [9.17, 15) is 23.9 Å². The Balaban J connectivity index is 1.22. The van der Waals surface area contributed by atoms with Crippen LogP contribution in [0.4, 0.5) is 10.1 Å². The molecule has 266 valence electrons. The van der Waals surface area contributed by atoms with Gasteiger partial charge in [-0.2, -0.15) is 5.01 Å². The van der Waals surface area contributed by atoms with Crippen LogP contribution >= 0.6 is 11.6 Å². The normalized spacial score (nSPS) is 29.8. The van der Waals surface area contributed by atoms with Gasteiger partial charge in [0.05, 0.1) is 35.1 Å². The monoisotopic (exact) mass is 721 g/mol. The number of allylic oxidation sites excluding steroid dienone is 3. The zero-order valence-electron chi connectivity index (χ0n) is 28.3. The van der Waals surface area contributed by atoms with Crippen molar-refractivity contribution in [3.05, 3.63) is 112 Å². The highest BCUT2D eigenvalue weighted by Gasteiger charge is 2.71. The van der Waals surface area contributed by atoms with Gasteiger partial charge in [-0.15, -0.1) is 0 Å². The fraction of sp³-hybridized carbons (Fsp3) is 0.366. The van der Waals surface area contributed by atoms with E-state index in [0.717, 1.165) is 42.7 Å². The largest absolute Gasteiger partial charge is 0.508 e. The number of hydrogen-bond acceptors (Lipinski definition) is 7. The van der Waals surface area contributed by atoms with Crippen LogP contribution in [0.25, 0.3) is 0 Å². The van der Waals surface area contributed by atoms with E-state index in [2.05, 4.69) is 5.43 Å². The molecule has 3 heterocycles. The quantitative estimate of drug-likeness (QED) is 0.219. The molecule has 2 N–H and O–H groups in total. The summed E-state index contributed by atoms with van der Waals surface area (Å²) in [5.74, 6) is -4.53. The first-order chi connectivity index (χ1) is 25.2. The number of nitrogens with one attached hydrogen (secondary N) is 1. The van der Waals surface area contributed by atoms with Gasteiger partial charge in [-0.1, -0.05) is 54.6 Å². The molecular formula is C41H37ClFN3O6. The minimum absolute atomic E-state index is 0.0646. The number of phenolic OH excluding ortho intramolecular Hbond substituents is 1. The van der Waals surface area contributed by atoms with Crippen LogP contribution in [-0.2, 0) is 31.0 Å². The van der Waals surface area contributed by atoms with Crippen LogP contribution in [0.15, 0.2) is 90.2 Å². The van der Waals surface area contributed by atoms with Crippen LogP contribution in [0.2, 0.25) is 5.02 Å². The molecule has 0 radical (unpaired) electrons. The van der Waals surface area contributed by atoms with Crippen molar-refractivity contribution < 1.29 is 33.4 Å². The molecule has 6 aliphatic rings. The average Bonchev–Trinajstić information content (AvgIpc) is 3.53. The average molecular weight is 722 g/mol. The highest BCUT2D eigenvalue weighted by Crippen LogP contribution is 2.63. The second-order valence-electron chi connectivity index (χ2n) is 15.0. The predicted molar refractivity (Wildman–Crippen MR) is 189 cm³/mol. The standard InChI is InChI=1S/C41H37ClFN3O6/c42-25-8-6-24(7-9-25)41-33(38(49)46(40(41)51)44-27-12-10-26(43)11-13-27)20-32-30(36(41)23-18-22-19-29(47)14-17-34(22)52-21-23)15-16-31-35(32)39(50)45(37(31)48)28-4-2-1-3-5-28/h6-15,17,19,21,28,31-33,35-36,44,47H,1-5,16,18,20H2. The lowest BCUT2D eigenvalue weighted by Gasteiger charge is -2.51. The SMILES string of the molecule is O=C1C2CC3C(=CCC4C(=O)N(C5CCCCC5)C(=O)C43)C(C3=COc4ccc(O)cc4C3)C2(c2ccc(Cl)cc2)C(=O)N1Nc1ccc(F)cc1. The molecule has 9 rings (SSSR count). The Morgan fingerprint density at radius 2 is 1.63 bits per heavy atom. The number of hydrazine groups is 1. The Morgan fingerprint density at radius 1 is 0.885 bits per heavy atom. The zero-order chi connectivity index (χ0) is 35.9. The number of phenols is 1. The molecule has 0 aromatic heterocycles. The molecule has 4 fully saturated rings. The van der Waals surface area contributed by atoms with Gasteiger partial charge >= 0.3 is 0 Å². The molecule has 6 unspecified atom stereocenters. The molecule has 9 nitrogen and oxygen atoms in total. The first-order valence-corrected chi connectivity index (χ1v) is 18.5. The van der Waals surface area contributed by atoms with Crippen LogP contribution in [0.5, 0.6) is 11.5 Å². The van der Waals surface area contributed by atoms with Crippen molar-refractivity contribution in [3.63, 3.8) is 0 Å². The number of carbonyl (C=O) groups is 4. The molecule has 6 atom stereocenters. The van der Waals surface area contributed by atoms with Gasteiger partial charge in [0, 0.05) is 29.0 Å². The van der Waals surface area contributed by atoms with Gasteiger partial charge in [0.25, 0.3) is 11.8 Å². The minimum atomic E-state index is -1.50. The number of halogens is 2. The summed E-state index contributed by atoms with van der Waals surface area (Å²) < 4.78 is 20.1. The smallest absolute Gasteiger partial charge is 0.260 e. The molecule has 0 bridgehead atoms. The number of hydrogen-bond donors (Lipinski definition) is 2. The van der Waals surface area contributed by atoms with Crippen molar-refractivity contribution in [2.75, 3.05) is 5.43 Å². The van der Waals surface area contributed by atoms with Gasteiger partial charge in [0.1, 0.15) is 17.3 Å². The number of ether oxygens (including phenoxy) is 1. The molecule has 3 aromatic rings. The van der Waals surface area contributed by atoms with Crippen molar-refractivity contribution >= 4 is 40.9 Å². The number of carbonyl (C=O) groups excluding carboxylic acids is 4. The first-order valence-electron chi connectivity index (χ1n) is 18.1. The second kappa shape index (κ2) is 12.3. The Hall–Kier alpha value is -4.96. The Kier molecular flexibility index (Phi) is 7.80. The van der Waals surface area contributed by atoms with Crippen LogP contribution in [0.1, 0.15) is 56.1 Å². The third kappa shape index (κ3) is 4.86. The lowest BCUT2D eigenvalue weighted by Crippen LogP contribution is -2.55. The number of benzene rings is 3. The number of amides is 4. The van der Waals surface area contributed by atoms with Crippen molar-refractivity contribution in [2.45, 2.75) is 62.8 Å². The van der Waals surface area contributed by atoms with Gasteiger partial charge < -0.3 is 9.84 Å². The maximum atomic E-state index is 15.3. The fourth-order valence-electron chi connectivity index (χ4n) is 10.2. The van der Waals surface area contributed by atoms with Crippen molar-refractivity contribution in [1.82, 2.24) is 9.91 Å². The van der Waals surface area contributed by atoms with Crippen LogP contribution in [0, 0.1) is 35.4 Å². The number of likely N-dealkylation sites (tertiary alicyclic amines) is 1. The third-order valence-corrected chi connectivity index (χ3v) is 12.6. The Labute approximate surface area is 305 Å². The summed E-state index contributed by atoms with van der Waals surface area (Å²) in [5, 5.41) is 11.9. The summed E-state index contributed by atoms with van der Waals surface area (Å²) in [4.78, 5) is 60.3. The van der Waals surface area contributed by atoms with Crippen LogP contribution in [0.3, 0.4) is 0 Å². The number of rotatable bonds is 5. The number of anilines is 1. The van der Waals surface area contributed by atoms with E-state index in [1.807, 2.05) is 6.08 Å². The number of aromatic hydroxyl groups is 1. The van der Waals surface area contributed by atoms with E-state index in [1.165, 1.54) is 29.2 Å². The summed E-state index contributed by atoms with van der Waals surface area (Å²) in [5.41, 5.74) is 4.67. The molecule has 3 aliphatic heterocycles. The highest BCUT2D eigenvalue weighted by molar-refractivity contribution is 6.30. The maximum Gasteiger partial charge on any atom is 0.260 e. The molecule has 2 saturated heterocycles. The summed E-state index contributed by atoms with van der Waals surface area (Å²) in [6.07, 6.45) is 9.09. The molecule has 3 aliphatic carbocycles. The van der Waals surface area contributed by atoms with Gasteiger partial charge in [0.15, 0.2) is 0 Å². The van der Waals surface area contributed by atoms with E-state index in [0.29, 0.717) is 46.0 Å². The molecule has 3 aromatic carbocycles. The van der Waals surface area contributed by atoms with Crippen LogP contribution < -0.4 is 10.2 Å². The molecule has 2 saturated carbocycles. The second-order valence-corrected chi connectivity index (χ2v) is 15.4. The van der Waals surface area contributed by atoms with E-state index < -0.39 is 52.6 Å². The molecular weight excluding hydrogens is 685 g/mol. The lowest BCUT2D eigenvalue weighted by molar-refractivity contribution is -0.144. The highest BCUT2D eigenvalue weighted by atomic mass is 35.5. The predicted octanol–water partition coefficient (Wildman–Crippen LogP) is 6.85. The topological polar surface area (TPSA) is 116 Å². The Morgan fingerprint density at radius 3 is 2.38 bits per heavy atom. The first kappa shape index (κ1) is 32.9. The summed E-state index contributed by atoms with van der Waals surface area (Å²) >= 11 is 6.39. The summed E-state index contributed by atoms with van der Waals surface area (Å²) in [6, 6.07) is 17.1.